The molecule has 6 heteroatoms. The summed E-state index contributed by atoms with van der Waals surface area (Å²) in [6, 6.07) is 62.5. The van der Waals surface area contributed by atoms with Crippen LogP contribution >= 0.6 is 11.3 Å². The second-order valence-electron chi connectivity index (χ2n) is 16.8. The molecule has 0 amide bonds. The van der Waals surface area contributed by atoms with Gasteiger partial charge in [-0.1, -0.05) is 136 Å². The quantitative estimate of drug-likeness (QED) is 0.174. The molecule has 61 heavy (non-hydrogen) atoms. The minimum atomic E-state index is 0.0742. The molecule has 0 radical (unpaired) electrons. The average Bonchev–Trinajstić information content (AvgIpc) is 3.97. The summed E-state index contributed by atoms with van der Waals surface area (Å²) in [6.45, 7) is 6.78. The van der Waals surface area contributed by atoms with Crippen LogP contribution in [0.4, 0.5) is 0 Å². The number of thiophene rings is 1. The Kier molecular flexibility index (Phi) is 7.90. The van der Waals surface area contributed by atoms with Gasteiger partial charge in [0.25, 0.3) is 0 Å². The van der Waals surface area contributed by atoms with Crippen LogP contribution in [0, 0.1) is 0 Å². The Balaban J connectivity index is 1.08. The van der Waals surface area contributed by atoms with E-state index in [2.05, 4.69) is 177 Å². The maximum absolute atomic E-state index is 6.22. The van der Waals surface area contributed by atoms with E-state index in [1.54, 1.807) is 11.3 Å². The van der Waals surface area contributed by atoms with E-state index in [1.807, 2.05) is 24.3 Å². The molecule has 8 aromatic carbocycles. The molecule has 0 saturated carbocycles. The number of hydrogen-bond donors (Lipinski definition) is 0. The Morgan fingerprint density at radius 2 is 1.05 bits per heavy atom. The summed E-state index contributed by atoms with van der Waals surface area (Å²) in [5.74, 6) is 1.82. The first-order valence-corrected chi connectivity index (χ1v) is 21.5. The molecule has 12 aromatic rings. The average molecular weight is 803 g/mol. The highest BCUT2D eigenvalue weighted by atomic mass is 32.1. The highest BCUT2D eigenvalue weighted by molar-refractivity contribution is 7.25. The van der Waals surface area contributed by atoms with Gasteiger partial charge in [0.2, 0.25) is 0 Å². The molecule has 12 rings (SSSR count). The molecule has 4 heterocycles. The van der Waals surface area contributed by atoms with Crippen molar-refractivity contribution >= 4 is 75.3 Å². The van der Waals surface area contributed by atoms with E-state index in [0.717, 1.165) is 55.3 Å². The Bertz CT molecular complexity index is 3700. The Morgan fingerprint density at radius 1 is 0.443 bits per heavy atom. The van der Waals surface area contributed by atoms with Crippen molar-refractivity contribution in [1.29, 1.82) is 0 Å². The number of nitrogens with zero attached hydrogens (tertiary/aromatic N) is 4. The van der Waals surface area contributed by atoms with Gasteiger partial charge < -0.3 is 8.98 Å². The molecule has 5 nitrogen and oxygen atoms in total. The van der Waals surface area contributed by atoms with E-state index in [4.69, 9.17) is 19.4 Å². The minimum Gasteiger partial charge on any atom is -0.456 e. The molecule has 0 bridgehead atoms. The van der Waals surface area contributed by atoms with Gasteiger partial charge in [-0.25, -0.2) is 15.0 Å². The number of para-hydroxylation sites is 3. The lowest BCUT2D eigenvalue weighted by Crippen LogP contribution is -2.10. The number of furan rings is 1. The van der Waals surface area contributed by atoms with Crippen LogP contribution < -0.4 is 0 Å². The summed E-state index contributed by atoms with van der Waals surface area (Å²) in [6.07, 6.45) is 0. The van der Waals surface area contributed by atoms with E-state index in [9.17, 15) is 0 Å². The van der Waals surface area contributed by atoms with Crippen molar-refractivity contribution in [3.63, 3.8) is 0 Å². The lowest BCUT2D eigenvalue weighted by Gasteiger charge is -2.19. The fourth-order valence-corrected chi connectivity index (χ4v) is 10.2. The molecule has 4 aromatic heterocycles. The third kappa shape index (κ3) is 5.78. The summed E-state index contributed by atoms with van der Waals surface area (Å²) in [5.41, 5.74) is 11.4. The monoisotopic (exact) mass is 802 g/mol. The van der Waals surface area contributed by atoms with Gasteiger partial charge in [-0.2, -0.15) is 0 Å². The van der Waals surface area contributed by atoms with E-state index < -0.39 is 0 Å². The Labute approximate surface area is 356 Å². The van der Waals surface area contributed by atoms with Gasteiger partial charge in [-0.05, 0) is 82.8 Å². The fourth-order valence-electron chi connectivity index (χ4n) is 9.01. The highest BCUT2D eigenvalue weighted by Gasteiger charge is 2.22. The van der Waals surface area contributed by atoms with Crippen molar-refractivity contribution in [2.75, 3.05) is 0 Å². The van der Waals surface area contributed by atoms with Gasteiger partial charge in [0, 0.05) is 58.4 Å². The van der Waals surface area contributed by atoms with Gasteiger partial charge in [0.15, 0.2) is 17.5 Å². The number of fused-ring (bicyclic) bond motifs is 9. The topological polar surface area (TPSA) is 56.7 Å². The zero-order valence-electron chi connectivity index (χ0n) is 33.8. The summed E-state index contributed by atoms with van der Waals surface area (Å²) in [4.78, 5) is 15.9. The molecular weight excluding hydrogens is 765 g/mol. The highest BCUT2D eigenvalue weighted by Crippen LogP contribution is 2.42. The first-order valence-electron chi connectivity index (χ1n) is 20.7. The van der Waals surface area contributed by atoms with Crippen molar-refractivity contribution in [2.45, 2.75) is 26.2 Å². The Morgan fingerprint density at radius 3 is 1.89 bits per heavy atom. The van der Waals surface area contributed by atoms with Gasteiger partial charge in [0.1, 0.15) is 11.2 Å². The van der Waals surface area contributed by atoms with Crippen LogP contribution in [0.3, 0.4) is 0 Å². The van der Waals surface area contributed by atoms with Crippen molar-refractivity contribution < 1.29 is 4.42 Å². The molecule has 0 aliphatic heterocycles. The van der Waals surface area contributed by atoms with Crippen molar-refractivity contribution in [1.82, 2.24) is 19.5 Å². The zero-order chi connectivity index (χ0) is 40.8. The van der Waals surface area contributed by atoms with Gasteiger partial charge in [0.05, 0.1) is 16.7 Å². The third-order valence-electron chi connectivity index (χ3n) is 12.1. The maximum atomic E-state index is 6.22. The maximum Gasteiger partial charge on any atom is 0.166 e. The van der Waals surface area contributed by atoms with Crippen LogP contribution in [0.25, 0.3) is 115 Å². The van der Waals surface area contributed by atoms with Gasteiger partial charge >= 0.3 is 0 Å². The summed E-state index contributed by atoms with van der Waals surface area (Å²) >= 11 is 1.79. The fraction of sp³-hybridized carbons (Fsp3) is 0.0727. The van der Waals surface area contributed by atoms with Crippen LogP contribution in [0.2, 0.25) is 0 Å². The predicted molar refractivity (Wildman–Crippen MR) is 255 cm³/mol. The molecule has 0 aliphatic carbocycles. The lowest BCUT2D eigenvalue weighted by atomic mass is 9.86. The molecule has 0 saturated heterocycles. The van der Waals surface area contributed by atoms with E-state index in [0.29, 0.717) is 17.5 Å². The molecule has 0 aliphatic rings. The van der Waals surface area contributed by atoms with Crippen LogP contribution in [0.15, 0.2) is 180 Å². The summed E-state index contributed by atoms with van der Waals surface area (Å²) < 4.78 is 11.1. The smallest absolute Gasteiger partial charge is 0.166 e. The van der Waals surface area contributed by atoms with Crippen LogP contribution in [-0.2, 0) is 5.41 Å². The van der Waals surface area contributed by atoms with Crippen LogP contribution in [-0.4, -0.2) is 19.5 Å². The number of benzene rings is 8. The molecule has 0 unspecified atom stereocenters. The van der Waals surface area contributed by atoms with Crippen molar-refractivity contribution in [2.24, 2.45) is 0 Å². The largest absolute Gasteiger partial charge is 0.456 e. The number of rotatable bonds is 5. The second-order valence-corrected chi connectivity index (χ2v) is 17.9. The SMILES string of the molecule is CC(C)(C)c1ccc(-c2cccc3c2c2ccccc2n3-c2ccccc2-c2nc(-c3ccc4c(c3)sc3ccccc34)nc(-c3ccc4oc5ccccc5c4c3)n2)cc1. The zero-order valence-corrected chi connectivity index (χ0v) is 34.7. The minimum absolute atomic E-state index is 0.0742. The molecular formula is C55H38N4OS. The van der Waals surface area contributed by atoms with E-state index in [1.165, 1.54) is 47.6 Å². The molecule has 0 fully saturated rings. The standard InChI is InChI=1S/C55H38N4OS/c1-55(2,3)36-27-23-33(24-28-36)37-17-12-20-46-51(37)41-15-4-8-18-44(41)59(46)45-19-9-5-16-42(45)54-57-52(34-26-30-48-43(31-34)38-13-6-10-21-47(38)60-48)56-53(58-54)35-25-29-40-39-14-7-11-22-49(39)61-50(40)32-35/h4-32H,1-3H3. The van der Waals surface area contributed by atoms with Crippen molar-refractivity contribution in [3.8, 4) is 51.0 Å². The summed E-state index contributed by atoms with van der Waals surface area (Å²) in [5, 5.41) is 6.99. The first-order chi connectivity index (χ1) is 29.9. The van der Waals surface area contributed by atoms with Crippen LogP contribution in [0.5, 0.6) is 0 Å². The van der Waals surface area contributed by atoms with Crippen LogP contribution in [0.1, 0.15) is 26.3 Å². The number of hydrogen-bond acceptors (Lipinski definition) is 5. The summed E-state index contributed by atoms with van der Waals surface area (Å²) in [7, 11) is 0. The molecule has 290 valence electrons. The Hall–Kier alpha value is -7.41. The molecule has 0 spiro atoms. The second kappa shape index (κ2) is 13.6. The van der Waals surface area contributed by atoms with Crippen molar-refractivity contribution in [3.05, 3.63) is 181 Å². The lowest BCUT2D eigenvalue weighted by molar-refractivity contribution is 0.590. The molecule has 0 N–H and O–H groups in total. The molecule has 0 atom stereocenters. The number of aromatic nitrogens is 4. The first kappa shape index (κ1) is 35.5. The van der Waals surface area contributed by atoms with Gasteiger partial charge in [-0.15, -0.1) is 11.3 Å². The third-order valence-corrected chi connectivity index (χ3v) is 13.2. The van der Waals surface area contributed by atoms with Gasteiger partial charge in [-0.3, -0.25) is 0 Å². The van der Waals surface area contributed by atoms with E-state index in [-0.39, 0.29) is 5.41 Å². The van der Waals surface area contributed by atoms with E-state index >= 15 is 0 Å². The normalized spacial score (nSPS) is 12.2. The predicted octanol–water partition coefficient (Wildman–Crippen LogP) is 15.2.